The fraction of sp³-hybridized carbons (Fsp3) is 0.455. The van der Waals surface area contributed by atoms with Gasteiger partial charge in [-0.05, 0) is 36.7 Å². The van der Waals surface area contributed by atoms with E-state index in [0.717, 1.165) is 49.8 Å². The number of hydrogen-bond acceptors (Lipinski definition) is 7. The molecule has 5 rings (SSSR count). The molecule has 2 aliphatic carbocycles. The second-order valence-corrected chi connectivity index (χ2v) is 11.3. The van der Waals surface area contributed by atoms with Crippen molar-refractivity contribution in [3.05, 3.63) is 53.8 Å². The number of aromatic nitrogens is 2. The van der Waals surface area contributed by atoms with E-state index in [0.29, 0.717) is 5.88 Å². The molecule has 164 valence electrons. The van der Waals surface area contributed by atoms with Crippen molar-refractivity contribution in [2.75, 3.05) is 7.11 Å². The van der Waals surface area contributed by atoms with Gasteiger partial charge in [-0.15, -0.1) is 0 Å². The van der Waals surface area contributed by atoms with E-state index in [1.165, 1.54) is 17.3 Å². The number of thioether (sulfide) groups is 1. The first-order valence-corrected chi connectivity index (χ1v) is 13.1. The lowest BCUT2D eigenvalue weighted by Crippen LogP contribution is -2.51. The van der Waals surface area contributed by atoms with E-state index in [-0.39, 0.29) is 16.3 Å². The van der Waals surface area contributed by atoms with Crippen molar-refractivity contribution in [1.29, 1.82) is 0 Å². The second kappa shape index (κ2) is 8.11. The van der Waals surface area contributed by atoms with Gasteiger partial charge in [-0.2, -0.15) is 4.72 Å². The molecule has 0 bridgehead atoms. The molecular weight excluding hydrogens is 432 g/mol. The second-order valence-electron chi connectivity index (χ2n) is 8.31. The molecule has 9 heteroatoms. The minimum Gasteiger partial charge on any atom is -0.480 e. The standard InChI is InChI=1S/C22H26N4O3S2/c1-29-20-15-23-14-19(24-20)16-4-6-17(7-5-16)22(10-2-3-11-22)26-12-13-30-21(26)25-31(27,28)18-8-9-18/h4-7,12-15,18,21,25H,2-3,8-11H2,1H3. The first-order chi connectivity index (χ1) is 15.0. The molecule has 1 aromatic carbocycles. The van der Waals surface area contributed by atoms with E-state index in [9.17, 15) is 8.42 Å². The third kappa shape index (κ3) is 3.94. The Morgan fingerprint density at radius 2 is 1.90 bits per heavy atom. The van der Waals surface area contributed by atoms with Crippen LogP contribution in [0.4, 0.5) is 0 Å². The molecule has 2 saturated carbocycles. The van der Waals surface area contributed by atoms with Crippen LogP contribution < -0.4 is 9.46 Å². The fourth-order valence-corrected chi connectivity index (χ4v) is 7.30. The zero-order valence-electron chi connectivity index (χ0n) is 17.4. The van der Waals surface area contributed by atoms with E-state index in [1.807, 2.05) is 5.41 Å². The number of nitrogens with one attached hydrogen (secondary N) is 1. The van der Waals surface area contributed by atoms with Crippen LogP contribution in [0.25, 0.3) is 11.3 Å². The molecule has 1 unspecified atom stereocenters. The molecule has 2 aromatic rings. The smallest absolute Gasteiger partial charge is 0.232 e. The first-order valence-electron chi connectivity index (χ1n) is 10.6. The summed E-state index contributed by atoms with van der Waals surface area (Å²) < 4.78 is 33.4. The van der Waals surface area contributed by atoms with Crippen molar-refractivity contribution < 1.29 is 13.2 Å². The van der Waals surface area contributed by atoms with Gasteiger partial charge >= 0.3 is 0 Å². The minimum absolute atomic E-state index is 0.213. The van der Waals surface area contributed by atoms with Gasteiger partial charge in [0.25, 0.3) is 0 Å². The molecular formula is C22H26N4O3S2. The number of ether oxygens (including phenoxy) is 1. The summed E-state index contributed by atoms with van der Waals surface area (Å²) in [7, 11) is -1.69. The van der Waals surface area contributed by atoms with E-state index in [4.69, 9.17) is 4.74 Å². The third-order valence-electron chi connectivity index (χ3n) is 6.37. The molecule has 0 spiro atoms. The molecule has 1 aromatic heterocycles. The Labute approximate surface area is 187 Å². The molecule has 2 fully saturated rings. The van der Waals surface area contributed by atoms with E-state index < -0.39 is 10.0 Å². The average Bonchev–Trinajstić information content (AvgIpc) is 3.39. The van der Waals surface area contributed by atoms with E-state index >= 15 is 0 Å². The maximum absolute atomic E-state index is 12.6. The van der Waals surface area contributed by atoms with Gasteiger partial charge in [-0.25, -0.2) is 13.4 Å². The minimum atomic E-state index is -3.27. The van der Waals surface area contributed by atoms with Crippen LogP contribution in [0, 0.1) is 0 Å². The molecule has 3 aliphatic rings. The molecule has 1 atom stereocenters. The molecule has 0 amide bonds. The van der Waals surface area contributed by atoms with Gasteiger partial charge in [0, 0.05) is 11.8 Å². The monoisotopic (exact) mass is 458 g/mol. The summed E-state index contributed by atoms with van der Waals surface area (Å²) in [4.78, 5) is 10.9. The largest absolute Gasteiger partial charge is 0.480 e. The van der Waals surface area contributed by atoms with E-state index in [1.54, 1.807) is 19.5 Å². The summed E-state index contributed by atoms with van der Waals surface area (Å²) in [6.45, 7) is 0. The molecule has 0 saturated heterocycles. The van der Waals surface area contributed by atoms with Gasteiger partial charge in [0.15, 0.2) is 0 Å². The van der Waals surface area contributed by atoms with Crippen LogP contribution in [0.5, 0.6) is 5.88 Å². The number of methoxy groups -OCH3 is 1. The summed E-state index contributed by atoms with van der Waals surface area (Å²) in [5, 5.41) is 1.78. The van der Waals surface area contributed by atoms with Gasteiger partial charge < -0.3 is 9.64 Å². The summed E-state index contributed by atoms with van der Waals surface area (Å²) >= 11 is 1.53. The van der Waals surface area contributed by atoms with Crippen molar-refractivity contribution in [3.8, 4) is 17.1 Å². The van der Waals surface area contributed by atoms with Gasteiger partial charge in [-0.1, -0.05) is 48.9 Å². The molecule has 7 nitrogen and oxygen atoms in total. The Kier molecular flexibility index (Phi) is 5.44. The van der Waals surface area contributed by atoms with Crippen LogP contribution in [0.2, 0.25) is 0 Å². The summed E-state index contributed by atoms with van der Waals surface area (Å²) in [5.41, 5.74) is 2.42. The Morgan fingerprint density at radius 3 is 2.58 bits per heavy atom. The van der Waals surface area contributed by atoms with Gasteiger partial charge in [0.05, 0.1) is 36.0 Å². The zero-order chi connectivity index (χ0) is 21.5. The normalized spacial score (nSPS) is 22.7. The number of benzene rings is 1. The Bertz CT molecular complexity index is 1080. The maximum Gasteiger partial charge on any atom is 0.232 e. The molecule has 31 heavy (non-hydrogen) atoms. The maximum atomic E-state index is 12.6. The number of nitrogens with zero attached hydrogens (tertiary/aromatic N) is 3. The Hall–Kier alpha value is -2.10. The predicted octanol–water partition coefficient (Wildman–Crippen LogP) is 3.81. The number of sulfonamides is 1. The van der Waals surface area contributed by atoms with Crippen molar-refractivity contribution in [3.63, 3.8) is 0 Å². The van der Waals surface area contributed by atoms with Crippen LogP contribution in [0.3, 0.4) is 0 Å². The van der Waals surface area contributed by atoms with Gasteiger partial charge in [0.1, 0.15) is 5.50 Å². The Morgan fingerprint density at radius 1 is 1.16 bits per heavy atom. The lowest BCUT2D eigenvalue weighted by molar-refractivity contribution is 0.136. The van der Waals surface area contributed by atoms with Crippen LogP contribution in [-0.2, 0) is 15.6 Å². The highest BCUT2D eigenvalue weighted by molar-refractivity contribution is 8.03. The quantitative estimate of drug-likeness (QED) is 0.675. The van der Waals surface area contributed by atoms with Crippen molar-refractivity contribution in [1.82, 2.24) is 19.6 Å². The number of hydrogen-bond donors (Lipinski definition) is 1. The third-order valence-corrected chi connectivity index (χ3v) is 9.31. The number of rotatable bonds is 7. The summed E-state index contributed by atoms with van der Waals surface area (Å²) in [6, 6.07) is 8.42. The molecule has 0 radical (unpaired) electrons. The van der Waals surface area contributed by atoms with Crippen LogP contribution >= 0.6 is 11.8 Å². The lowest BCUT2D eigenvalue weighted by atomic mass is 9.86. The zero-order valence-corrected chi connectivity index (χ0v) is 19.0. The Balaban J connectivity index is 1.44. The summed E-state index contributed by atoms with van der Waals surface area (Å²) in [6.07, 6.45) is 11.1. The first kappa shape index (κ1) is 20.8. The average molecular weight is 459 g/mol. The SMILES string of the molecule is COc1cncc(-c2ccc(C3(N4C=CSC4NS(=O)(=O)C4CC4)CCCC3)cc2)n1. The summed E-state index contributed by atoms with van der Waals surface area (Å²) in [5.74, 6) is 0.485. The van der Waals surface area contributed by atoms with Crippen LogP contribution in [-0.4, -0.2) is 41.1 Å². The highest BCUT2D eigenvalue weighted by Crippen LogP contribution is 2.48. The topological polar surface area (TPSA) is 84.4 Å². The predicted molar refractivity (Wildman–Crippen MR) is 122 cm³/mol. The van der Waals surface area contributed by atoms with Crippen LogP contribution in [0.1, 0.15) is 44.1 Å². The van der Waals surface area contributed by atoms with Gasteiger partial charge in [0.2, 0.25) is 15.9 Å². The molecule has 1 N–H and O–H groups in total. The highest BCUT2D eigenvalue weighted by Gasteiger charge is 2.46. The highest BCUT2D eigenvalue weighted by atomic mass is 32.2. The van der Waals surface area contributed by atoms with Gasteiger partial charge in [-0.3, -0.25) is 4.98 Å². The fourth-order valence-electron chi connectivity index (χ4n) is 4.58. The van der Waals surface area contributed by atoms with Crippen molar-refractivity contribution in [2.24, 2.45) is 0 Å². The van der Waals surface area contributed by atoms with Crippen molar-refractivity contribution in [2.45, 2.75) is 54.8 Å². The van der Waals surface area contributed by atoms with Crippen LogP contribution in [0.15, 0.2) is 48.3 Å². The van der Waals surface area contributed by atoms with E-state index in [2.05, 4.69) is 50.1 Å². The van der Waals surface area contributed by atoms with Crippen molar-refractivity contribution >= 4 is 21.8 Å². The molecule has 2 heterocycles. The lowest BCUT2D eigenvalue weighted by Gasteiger charge is -2.43. The molecule has 1 aliphatic heterocycles.